The van der Waals surface area contributed by atoms with Crippen LogP contribution in [0.1, 0.15) is 52.9 Å². The maximum atomic E-state index is 12.5. The van der Waals surface area contributed by atoms with Crippen LogP contribution in [0.3, 0.4) is 0 Å². The Balaban J connectivity index is 1.45. The van der Waals surface area contributed by atoms with Gasteiger partial charge in [-0.05, 0) is 52.9 Å². The molecule has 2 aliphatic heterocycles. The molecular weight excluding hydrogens is 282 g/mol. The molecule has 3 fully saturated rings. The zero-order chi connectivity index (χ0) is 16.0. The van der Waals surface area contributed by atoms with Gasteiger partial charge < -0.3 is 19.9 Å². The average molecular weight is 309 g/mol. The highest BCUT2D eigenvalue weighted by atomic mass is 16.6. The number of nitrogens with zero attached hydrogens (tertiary/aromatic N) is 2. The van der Waals surface area contributed by atoms with E-state index in [1.54, 1.807) is 0 Å². The zero-order valence-electron chi connectivity index (χ0n) is 13.9. The van der Waals surface area contributed by atoms with Gasteiger partial charge in [-0.15, -0.1) is 0 Å². The topological polar surface area (TPSA) is 61.9 Å². The van der Waals surface area contributed by atoms with Crippen molar-refractivity contribution in [3.05, 3.63) is 0 Å². The molecule has 6 nitrogen and oxygen atoms in total. The van der Waals surface area contributed by atoms with Crippen molar-refractivity contribution in [3.63, 3.8) is 0 Å². The summed E-state index contributed by atoms with van der Waals surface area (Å²) in [6.07, 6.45) is 4.96. The van der Waals surface area contributed by atoms with Crippen molar-refractivity contribution < 1.29 is 14.3 Å². The first-order valence-electron chi connectivity index (χ1n) is 8.39. The fraction of sp³-hybridized carbons (Fsp3) is 0.875. The van der Waals surface area contributed by atoms with Crippen molar-refractivity contribution in [1.82, 2.24) is 15.1 Å². The molecule has 0 aromatic carbocycles. The minimum absolute atomic E-state index is 0.125. The lowest BCUT2D eigenvalue weighted by Gasteiger charge is -2.26. The molecule has 0 aromatic rings. The summed E-state index contributed by atoms with van der Waals surface area (Å²) in [7, 11) is 0. The second-order valence-electron chi connectivity index (χ2n) is 7.67. The first-order chi connectivity index (χ1) is 10.3. The van der Waals surface area contributed by atoms with Crippen LogP contribution in [0.25, 0.3) is 0 Å². The lowest BCUT2D eigenvalue weighted by Crippen LogP contribution is -2.41. The lowest BCUT2D eigenvalue weighted by molar-refractivity contribution is 0.0526. The monoisotopic (exact) mass is 309 g/mol. The number of alkyl carbamates (subject to hydrolysis) is 1. The van der Waals surface area contributed by atoms with Crippen LogP contribution in [0.5, 0.6) is 0 Å². The van der Waals surface area contributed by atoms with E-state index in [1.165, 1.54) is 0 Å². The van der Waals surface area contributed by atoms with E-state index in [4.69, 9.17) is 4.74 Å². The van der Waals surface area contributed by atoms with E-state index in [0.717, 1.165) is 45.2 Å². The summed E-state index contributed by atoms with van der Waals surface area (Å²) in [5, 5.41) is 2.76. The first-order valence-corrected chi connectivity index (χ1v) is 8.39. The van der Waals surface area contributed by atoms with Crippen LogP contribution < -0.4 is 5.32 Å². The van der Waals surface area contributed by atoms with Gasteiger partial charge in [0.05, 0.1) is 11.6 Å². The molecule has 1 aliphatic carbocycles. The second-order valence-corrected chi connectivity index (χ2v) is 7.67. The fourth-order valence-corrected chi connectivity index (χ4v) is 3.87. The Labute approximate surface area is 132 Å². The summed E-state index contributed by atoms with van der Waals surface area (Å²) in [6, 6.07) is 0.649. The minimum Gasteiger partial charge on any atom is -0.444 e. The number of carbonyl (C=O) groups excluding carboxylic acids is 2. The van der Waals surface area contributed by atoms with Crippen LogP contribution in [-0.2, 0) is 4.74 Å². The number of nitrogens with one attached hydrogen (secondary N) is 1. The van der Waals surface area contributed by atoms with Crippen molar-refractivity contribution in [2.24, 2.45) is 0 Å². The molecule has 2 saturated heterocycles. The van der Waals surface area contributed by atoms with Crippen molar-refractivity contribution >= 4 is 12.1 Å². The van der Waals surface area contributed by atoms with Crippen molar-refractivity contribution in [1.29, 1.82) is 0 Å². The Morgan fingerprint density at radius 1 is 1.41 bits per heavy atom. The van der Waals surface area contributed by atoms with Crippen LogP contribution in [0.4, 0.5) is 9.59 Å². The maximum absolute atomic E-state index is 12.5. The summed E-state index contributed by atoms with van der Waals surface area (Å²) in [5.41, 5.74) is -0.350. The molecule has 3 amide bonds. The number of hydrogen-bond donors (Lipinski definition) is 1. The third-order valence-electron chi connectivity index (χ3n) is 4.88. The van der Waals surface area contributed by atoms with Gasteiger partial charge in [0.15, 0.2) is 0 Å². The summed E-state index contributed by atoms with van der Waals surface area (Å²) in [4.78, 5) is 28.2. The Hall–Kier alpha value is -1.46. The fourth-order valence-electron chi connectivity index (χ4n) is 3.87. The molecule has 1 saturated carbocycles. The highest BCUT2D eigenvalue weighted by Crippen LogP contribution is 2.54. The van der Waals surface area contributed by atoms with E-state index >= 15 is 0 Å². The van der Waals surface area contributed by atoms with E-state index < -0.39 is 5.60 Å². The van der Waals surface area contributed by atoms with Crippen molar-refractivity contribution in [2.75, 3.05) is 19.6 Å². The summed E-state index contributed by atoms with van der Waals surface area (Å²) < 4.78 is 5.21. The molecule has 22 heavy (non-hydrogen) atoms. The number of fused-ring (bicyclic) bond motifs is 2. The number of ether oxygens (including phenoxy) is 1. The minimum atomic E-state index is -0.474. The Bertz CT molecular complexity index is 468. The molecule has 0 radical (unpaired) electrons. The molecule has 0 bridgehead atoms. The van der Waals surface area contributed by atoms with Crippen molar-refractivity contribution in [2.45, 2.75) is 70.1 Å². The van der Waals surface area contributed by atoms with E-state index in [0.29, 0.717) is 12.6 Å². The van der Waals surface area contributed by atoms with Crippen LogP contribution >= 0.6 is 0 Å². The highest BCUT2D eigenvalue weighted by Gasteiger charge is 2.64. The number of urea groups is 1. The van der Waals surface area contributed by atoms with Gasteiger partial charge in [-0.3, -0.25) is 0 Å². The molecule has 1 N–H and O–H groups in total. The molecule has 3 aliphatic rings. The van der Waals surface area contributed by atoms with E-state index in [1.807, 2.05) is 20.8 Å². The number of rotatable bonds is 4. The number of amides is 3. The van der Waals surface area contributed by atoms with E-state index in [2.05, 4.69) is 15.1 Å². The molecule has 124 valence electrons. The molecule has 1 spiro atoms. The van der Waals surface area contributed by atoms with Gasteiger partial charge in [-0.2, -0.15) is 0 Å². The highest BCUT2D eigenvalue weighted by molar-refractivity contribution is 5.80. The largest absolute Gasteiger partial charge is 0.444 e. The van der Waals surface area contributed by atoms with E-state index in [9.17, 15) is 9.59 Å². The van der Waals surface area contributed by atoms with Crippen LogP contribution in [0.2, 0.25) is 0 Å². The van der Waals surface area contributed by atoms with Crippen LogP contribution in [-0.4, -0.2) is 58.7 Å². The SMILES string of the molecule is CC(C)(C)OC(=O)NCCCN1C(=O)N2CCC[C@H]2C12CC2. The van der Waals surface area contributed by atoms with E-state index in [-0.39, 0.29) is 17.7 Å². The summed E-state index contributed by atoms with van der Waals surface area (Å²) in [6.45, 7) is 7.72. The number of carbonyl (C=O) groups is 2. The smallest absolute Gasteiger partial charge is 0.407 e. The molecule has 2 heterocycles. The first kappa shape index (κ1) is 15.4. The quantitative estimate of drug-likeness (QED) is 0.811. The Kier molecular flexibility index (Phi) is 3.73. The van der Waals surface area contributed by atoms with Crippen LogP contribution in [0, 0.1) is 0 Å². The third-order valence-corrected chi connectivity index (χ3v) is 4.88. The molecule has 1 atom stereocenters. The van der Waals surface area contributed by atoms with Gasteiger partial charge in [0.2, 0.25) is 0 Å². The van der Waals surface area contributed by atoms with Gasteiger partial charge in [0.1, 0.15) is 5.60 Å². The summed E-state index contributed by atoms with van der Waals surface area (Å²) >= 11 is 0. The lowest BCUT2D eigenvalue weighted by atomic mass is 10.0. The van der Waals surface area contributed by atoms with Gasteiger partial charge in [-0.25, -0.2) is 9.59 Å². The van der Waals surface area contributed by atoms with Gasteiger partial charge >= 0.3 is 12.1 Å². The second kappa shape index (κ2) is 5.32. The van der Waals surface area contributed by atoms with Gasteiger partial charge in [-0.1, -0.05) is 0 Å². The Morgan fingerprint density at radius 3 is 2.77 bits per heavy atom. The summed E-state index contributed by atoms with van der Waals surface area (Å²) in [5.74, 6) is 0. The van der Waals surface area contributed by atoms with Gasteiger partial charge in [0.25, 0.3) is 0 Å². The molecule has 6 heteroatoms. The van der Waals surface area contributed by atoms with Crippen LogP contribution in [0.15, 0.2) is 0 Å². The van der Waals surface area contributed by atoms with Gasteiger partial charge in [0, 0.05) is 19.6 Å². The third kappa shape index (κ3) is 2.75. The normalized spacial score (nSPS) is 25.6. The standard InChI is InChI=1S/C16H27N3O3/c1-15(2,3)22-13(20)17-9-5-11-19-14(21)18-10-4-6-12(18)16(19)7-8-16/h12H,4-11H2,1-3H3,(H,17,20)/t12-/m0/s1. The molecular formula is C16H27N3O3. The molecule has 0 unspecified atom stereocenters. The van der Waals surface area contributed by atoms with Crippen molar-refractivity contribution in [3.8, 4) is 0 Å². The predicted molar refractivity (Wildman–Crippen MR) is 82.6 cm³/mol. The number of hydrogen-bond acceptors (Lipinski definition) is 3. The Morgan fingerprint density at radius 2 is 2.14 bits per heavy atom. The molecule has 0 aromatic heterocycles. The zero-order valence-corrected chi connectivity index (χ0v) is 13.9. The predicted octanol–water partition coefficient (Wildman–Crippen LogP) is 2.33. The maximum Gasteiger partial charge on any atom is 0.407 e. The average Bonchev–Trinajstić information content (AvgIpc) is 2.98. The molecule has 3 rings (SSSR count).